The minimum absolute atomic E-state index is 0.0849. The lowest BCUT2D eigenvalue weighted by molar-refractivity contribution is -0.253. The number of aryl methyl sites for hydroxylation is 1. The summed E-state index contributed by atoms with van der Waals surface area (Å²) in [6.07, 6.45) is -8.84. The van der Waals surface area contributed by atoms with Gasteiger partial charge in [-0.25, -0.2) is 9.67 Å². The fourth-order valence-corrected chi connectivity index (χ4v) is 2.04. The van der Waals surface area contributed by atoms with Crippen LogP contribution in [0, 0.1) is 6.92 Å². The molecular formula is C15H17F4N3O2. The minimum Gasteiger partial charge on any atom is -0.428 e. The molecule has 9 heteroatoms. The Bertz CT molecular complexity index is 691. The Hall–Kier alpha value is -2.16. The van der Waals surface area contributed by atoms with Crippen LogP contribution < -0.4 is 4.74 Å². The third-order valence-electron chi connectivity index (χ3n) is 3.26. The van der Waals surface area contributed by atoms with Crippen LogP contribution >= 0.6 is 0 Å². The smallest absolute Gasteiger partial charge is 0.428 e. The molecule has 1 aromatic heterocycles. The van der Waals surface area contributed by atoms with Crippen molar-refractivity contribution in [3.8, 4) is 17.1 Å². The molecule has 0 radical (unpaired) electrons. The van der Waals surface area contributed by atoms with Gasteiger partial charge in [-0.3, -0.25) is 0 Å². The van der Waals surface area contributed by atoms with E-state index in [1.165, 1.54) is 22.9 Å². The second kappa shape index (κ2) is 7.16. The van der Waals surface area contributed by atoms with Crippen LogP contribution in [0.1, 0.15) is 19.2 Å². The van der Waals surface area contributed by atoms with Gasteiger partial charge in [0.25, 0.3) is 0 Å². The lowest BCUT2D eigenvalue weighted by atomic mass is 10.2. The zero-order valence-electron chi connectivity index (χ0n) is 13.1. The summed E-state index contributed by atoms with van der Waals surface area (Å²) in [5.74, 6) is 0.0619. The van der Waals surface area contributed by atoms with Crippen LogP contribution in [0.4, 0.5) is 17.6 Å². The van der Waals surface area contributed by atoms with Gasteiger partial charge in [-0.2, -0.15) is 22.7 Å². The molecule has 0 aliphatic rings. The van der Waals surface area contributed by atoms with Crippen molar-refractivity contribution in [2.24, 2.45) is 0 Å². The minimum atomic E-state index is -4.63. The van der Waals surface area contributed by atoms with E-state index in [2.05, 4.69) is 14.8 Å². The molecule has 0 saturated heterocycles. The first kappa shape index (κ1) is 18.2. The Balaban J connectivity index is 2.43. The van der Waals surface area contributed by atoms with Crippen molar-refractivity contribution in [1.29, 1.82) is 0 Å². The van der Waals surface area contributed by atoms with Gasteiger partial charge >= 0.3 is 12.5 Å². The molecule has 1 N–H and O–H groups in total. The lowest BCUT2D eigenvalue weighted by Gasteiger charge is -2.19. The van der Waals surface area contributed by atoms with Gasteiger partial charge in [0.2, 0.25) is 0 Å². The first-order valence-electron chi connectivity index (χ1n) is 7.28. The van der Waals surface area contributed by atoms with Crippen LogP contribution in [-0.4, -0.2) is 38.5 Å². The highest BCUT2D eigenvalue weighted by Gasteiger charge is 2.44. The number of hydrogen-bond donors (Lipinski definition) is 1. The van der Waals surface area contributed by atoms with Crippen LogP contribution in [0.15, 0.2) is 24.3 Å². The summed E-state index contributed by atoms with van der Waals surface area (Å²) >= 11 is 0. The van der Waals surface area contributed by atoms with Gasteiger partial charge in [-0.15, -0.1) is 0 Å². The van der Waals surface area contributed by atoms with Crippen molar-refractivity contribution in [1.82, 2.24) is 14.8 Å². The van der Waals surface area contributed by atoms with Crippen LogP contribution in [0.3, 0.4) is 0 Å². The summed E-state index contributed by atoms with van der Waals surface area (Å²) < 4.78 is 56.8. The molecule has 24 heavy (non-hydrogen) atoms. The molecule has 1 aromatic carbocycles. The normalized spacial score (nSPS) is 13.3. The predicted molar refractivity (Wildman–Crippen MR) is 78.1 cm³/mol. The Morgan fingerprint density at radius 2 is 1.96 bits per heavy atom. The number of aromatic nitrogens is 3. The van der Waals surface area contributed by atoms with Crippen molar-refractivity contribution in [3.63, 3.8) is 0 Å². The molecule has 1 unspecified atom stereocenters. The Morgan fingerprint density at radius 1 is 1.29 bits per heavy atom. The summed E-state index contributed by atoms with van der Waals surface area (Å²) in [5, 5.41) is 13.9. The summed E-state index contributed by atoms with van der Waals surface area (Å²) in [4.78, 5) is 4.13. The first-order chi connectivity index (χ1) is 11.2. The van der Waals surface area contributed by atoms with Crippen LogP contribution in [0.25, 0.3) is 11.4 Å². The van der Waals surface area contributed by atoms with Crippen molar-refractivity contribution in [3.05, 3.63) is 30.1 Å². The molecule has 2 rings (SSSR count). The number of nitrogens with zero attached hydrogens (tertiary/aromatic N) is 3. The third kappa shape index (κ3) is 4.02. The maximum Gasteiger partial charge on any atom is 0.461 e. The molecular weight excluding hydrogens is 330 g/mol. The van der Waals surface area contributed by atoms with Crippen LogP contribution in [0.2, 0.25) is 0 Å². The highest BCUT2D eigenvalue weighted by atomic mass is 19.3. The molecule has 0 fully saturated rings. The van der Waals surface area contributed by atoms with E-state index in [0.29, 0.717) is 12.2 Å². The van der Waals surface area contributed by atoms with Crippen molar-refractivity contribution in [2.45, 2.75) is 45.5 Å². The number of rotatable bonds is 7. The Kier molecular flexibility index (Phi) is 5.43. The maximum atomic E-state index is 13.2. The third-order valence-corrected chi connectivity index (χ3v) is 3.26. The number of aliphatic hydroxyl groups excluding tert-OH is 1. The zero-order valence-corrected chi connectivity index (χ0v) is 13.1. The Morgan fingerprint density at radius 3 is 2.58 bits per heavy atom. The number of para-hydroxylation sites is 1. The average Bonchev–Trinajstić information content (AvgIpc) is 2.87. The van der Waals surface area contributed by atoms with Crippen molar-refractivity contribution in [2.75, 3.05) is 0 Å². The van der Waals surface area contributed by atoms with E-state index < -0.39 is 24.4 Å². The summed E-state index contributed by atoms with van der Waals surface area (Å²) in [6.45, 7) is 3.45. The fraction of sp³-hybridized carbons (Fsp3) is 0.467. The molecule has 2 aromatic rings. The highest BCUT2D eigenvalue weighted by Crippen LogP contribution is 2.34. The van der Waals surface area contributed by atoms with E-state index in [4.69, 9.17) is 0 Å². The molecule has 0 bridgehead atoms. The van der Waals surface area contributed by atoms with Crippen LogP contribution in [-0.2, 0) is 6.54 Å². The molecule has 0 aliphatic heterocycles. The van der Waals surface area contributed by atoms with Crippen molar-refractivity contribution < 1.29 is 27.4 Å². The van der Waals surface area contributed by atoms with Gasteiger partial charge in [-0.1, -0.05) is 19.1 Å². The average molecular weight is 347 g/mol. The van der Waals surface area contributed by atoms with Gasteiger partial charge in [0, 0.05) is 0 Å². The zero-order chi connectivity index (χ0) is 17.9. The SMILES string of the molecule is CCC(O)Cn1nc(C)nc1-c1ccccc1OC(F)(F)C(F)F. The molecule has 0 spiro atoms. The van der Waals surface area contributed by atoms with E-state index >= 15 is 0 Å². The highest BCUT2D eigenvalue weighted by molar-refractivity contribution is 5.64. The largest absolute Gasteiger partial charge is 0.461 e. The van der Waals surface area contributed by atoms with Gasteiger partial charge in [0.1, 0.15) is 11.6 Å². The molecule has 0 aliphatic carbocycles. The summed E-state index contributed by atoms with van der Waals surface area (Å²) in [7, 11) is 0. The maximum absolute atomic E-state index is 13.2. The van der Waals surface area contributed by atoms with E-state index in [-0.39, 0.29) is 17.9 Å². The second-order valence-corrected chi connectivity index (χ2v) is 5.19. The number of ether oxygens (including phenoxy) is 1. The first-order valence-corrected chi connectivity index (χ1v) is 7.28. The molecule has 5 nitrogen and oxygen atoms in total. The Labute approximate surface area is 135 Å². The van der Waals surface area contributed by atoms with Gasteiger partial charge in [-0.05, 0) is 25.5 Å². The van der Waals surface area contributed by atoms with Gasteiger partial charge < -0.3 is 9.84 Å². The van der Waals surface area contributed by atoms with Crippen LogP contribution in [0.5, 0.6) is 5.75 Å². The quantitative estimate of drug-likeness (QED) is 0.781. The fourth-order valence-electron chi connectivity index (χ4n) is 2.04. The van der Waals surface area contributed by atoms with Gasteiger partial charge in [0.15, 0.2) is 5.82 Å². The van der Waals surface area contributed by atoms with Gasteiger partial charge in [0.05, 0.1) is 18.2 Å². The van der Waals surface area contributed by atoms with E-state index in [1.807, 2.05) is 0 Å². The summed E-state index contributed by atoms with van der Waals surface area (Å²) in [5.41, 5.74) is 0.0849. The molecule has 0 saturated carbocycles. The number of halogens is 4. The molecule has 132 valence electrons. The number of alkyl halides is 4. The molecule has 1 heterocycles. The lowest BCUT2D eigenvalue weighted by Crippen LogP contribution is -2.33. The van der Waals surface area contributed by atoms with E-state index in [0.717, 1.165) is 6.07 Å². The topological polar surface area (TPSA) is 60.2 Å². The number of hydrogen-bond acceptors (Lipinski definition) is 4. The van der Waals surface area contributed by atoms with Crippen molar-refractivity contribution >= 4 is 0 Å². The number of benzene rings is 1. The predicted octanol–water partition coefficient (Wildman–Crippen LogP) is 3.26. The molecule has 1 atom stereocenters. The molecule has 0 amide bonds. The standard InChI is InChI=1S/C15H17F4N3O2/c1-3-10(23)8-22-13(20-9(2)21-22)11-6-4-5-7-12(11)24-15(18,19)14(16)17/h4-7,10,14,23H,3,8H2,1-2H3. The number of aliphatic hydroxyl groups is 1. The monoisotopic (exact) mass is 347 g/mol. The van der Waals surface area contributed by atoms with E-state index in [1.54, 1.807) is 13.8 Å². The van der Waals surface area contributed by atoms with E-state index in [9.17, 15) is 22.7 Å². The summed E-state index contributed by atoms with van der Waals surface area (Å²) in [6, 6.07) is 5.48. The second-order valence-electron chi connectivity index (χ2n) is 5.19.